The van der Waals surface area contributed by atoms with Crippen LogP contribution in [0.3, 0.4) is 0 Å². The second-order valence-electron chi connectivity index (χ2n) is 5.26. The second-order valence-corrected chi connectivity index (χ2v) is 5.70. The summed E-state index contributed by atoms with van der Waals surface area (Å²) in [6, 6.07) is 8.86. The van der Waals surface area contributed by atoms with E-state index in [-0.39, 0.29) is 11.3 Å². The fourth-order valence-electron chi connectivity index (χ4n) is 2.10. The van der Waals surface area contributed by atoms with Crippen molar-refractivity contribution in [1.29, 1.82) is 0 Å². The molecule has 0 aliphatic carbocycles. The van der Waals surface area contributed by atoms with E-state index in [0.717, 1.165) is 0 Å². The van der Waals surface area contributed by atoms with Gasteiger partial charge in [-0.05, 0) is 37.3 Å². The van der Waals surface area contributed by atoms with E-state index in [0.29, 0.717) is 22.2 Å². The van der Waals surface area contributed by atoms with Crippen LogP contribution in [0.5, 0.6) is 17.2 Å². The zero-order valence-corrected chi connectivity index (χ0v) is 15.2. The second kappa shape index (κ2) is 8.44. The first kappa shape index (κ1) is 19.4. The summed E-state index contributed by atoms with van der Waals surface area (Å²) in [6.45, 7) is 1.41. The summed E-state index contributed by atoms with van der Waals surface area (Å²) in [6.07, 6.45) is -1.12. The topological polar surface area (TPSA) is 94.1 Å². The van der Waals surface area contributed by atoms with Crippen LogP contribution in [0.25, 0.3) is 0 Å². The van der Waals surface area contributed by atoms with Crippen LogP contribution in [-0.2, 0) is 9.53 Å². The predicted molar refractivity (Wildman–Crippen MR) is 96.2 cm³/mol. The normalized spacial score (nSPS) is 11.4. The molecule has 1 atom stereocenters. The molecule has 0 saturated carbocycles. The summed E-state index contributed by atoms with van der Waals surface area (Å²) in [7, 11) is 2.89. The lowest BCUT2D eigenvalue weighted by molar-refractivity contribution is -0.123. The van der Waals surface area contributed by atoms with Crippen LogP contribution < -0.4 is 14.8 Å². The van der Waals surface area contributed by atoms with Gasteiger partial charge in [-0.1, -0.05) is 11.6 Å². The summed E-state index contributed by atoms with van der Waals surface area (Å²) in [5.74, 6) is -0.928. The molecule has 8 heteroatoms. The third-order valence-electron chi connectivity index (χ3n) is 3.50. The number of esters is 1. The number of carbonyl (C=O) groups is 2. The number of carbonyl (C=O) groups excluding carboxylic acids is 2. The molecule has 0 bridgehead atoms. The quantitative estimate of drug-likeness (QED) is 0.748. The summed E-state index contributed by atoms with van der Waals surface area (Å²) in [4.78, 5) is 24.4. The molecule has 0 saturated heterocycles. The van der Waals surface area contributed by atoms with E-state index in [1.807, 2.05) is 0 Å². The Morgan fingerprint density at radius 1 is 1.12 bits per heavy atom. The molecule has 0 spiro atoms. The van der Waals surface area contributed by atoms with Gasteiger partial charge < -0.3 is 24.6 Å². The Hall–Kier alpha value is -2.93. The van der Waals surface area contributed by atoms with Gasteiger partial charge in [-0.2, -0.15) is 0 Å². The number of benzene rings is 2. The van der Waals surface area contributed by atoms with Crippen LogP contribution in [0.15, 0.2) is 36.4 Å². The maximum Gasteiger partial charge on any atom is 0.342 e. The molecule has 0 radical (unpaired) electrons. The SMILES string of the molecule is COc1ccc(C(=O)OC(C)C(=O)Nc2cc(Cl)ccc2OC)c(O)c1. The van der Waals surface area contributed by atoms with Crippen LogP contribution in [0.1, 0.15) is 17.3 Å². The van der Waals surface area contributed by atoms with Gasteiger partial charge in [0.05, 0.1) is 19.9 Å². The van der Waals surface area contributed by atoms with E-state index in [1.165, 1.54) is 45.4 Å². The number of rotatable bonds is 6. The zero-order chi connectivity index (χ0) is 19.3. The molecule has 138 valence electrons. The Labute approximate surface area is 155 Å². The van der Waals surface area contributed by atoms with E-state index in [2.05, 4.69) is 5.32 Å². The first-order chi connectivity index (χ1) is 12.3. The third kappa shape index (κ3) is 4.58. The van der Waals surface area contributed by atoms with Crippen molar-refractivity contribution in [2.24, 2.45) is 0 Å². The predicted octanol–water partition coefficient (Wildman–Crippen LogP) is 3.25. The Morgan fingerprint density at radius 3 is 2.46 bits per heavy atom. The number of methoxy groups -OCH3 is 2. The molecular weight excluding hydrogens is 362 g/mol. The highest BCUT2D eigenvalue weighted by Crippen LogP contribution is 2.28. The van der Waals surface area contributed by atoms with Gasteiger partial charge >= 0.3 is 5.97 Å². The number of hydrogen-bond acceptors (Lipinski definition) is 6. The first-order valence-corrected chi connectivity index (χ1v) is 7.96. The van der Waals surface area contributed by atoms with E-state index in [1.54, 1.807) is 12.1 Å². The largest absolute Gasteiger partial charge is 0.507 e. The lowest BCUT2D eigenvalue weighted by Gasteiger charge is -2.16. The van der Waals surface area contributed by atoms with Gasteiger partial charge in [-0.3, -0.25) is 4.79 Å². The Kier molecular flexibility index (Phi) is 6.30. The molecular formula is C18H18ClNO6. The molecule has 0 aliphatic rings. The van der Waals surface area contributed by atoms with Crippen molar-refractivity contribution in [2.75, 3.05) is 19.5 Å². The number of phenolic OH excluding ortho intramolecular Hbond substituents is 1. The van der Waals surface area contributed by atoms with Gasteiger partial charge in [0.2, 0.25) is 0 Å². The van der Waals surface area contributed by atoms with Gasteiger partial charge in [0, 0.05) is 11.1 Å². The van der Waals surface area contributed by atoms with Crippen molar-refractivity contribution < 1.29 is 28.9 Å². The van der Waals surface area contributed by atoms with Gasteiger partial charge in [0.15, 0.2) is 6.10 Å². The van der Waals surface area contributed by atoms with Crippen molar-refractivity contribution in [2.45, 2.75) is 13.0 Å². The highest BCUT2D eigenvalue weighted by molar-refractivity contribution is 6.31. The minimum atomic E-state index is -1.12. The maximum absolute atomic E-state index is 12.3. The molecule has 0 aromatic heterocycles. The van der Waals surface area contributed by atoms with Gasteiger partial charge in [-0.15, -0.1) is 0 Å². The van der Waals surface area contributed by atoms with Crippen LogP contribution in [0.4, 0.5) is 5.69 Å². The average molecular weight is 380 g/mol. The number of nitrogens with one attached hydrogen (secondary N) is 1. The highest BCUT2D eigenvalue weighted by Gasteiger charge is 2.22. The van der Waals surface area contributed by atoms with Crippen LogP contribution in [0, 0.1) is 0 Å². The molecule has 2 rings (SSSR count). The third-order valence-corrected chi connectivity index (χ3v) is 3.73. The molecule has 1 unspecified atom stereocenters. The van der Waals surface area contributed by atoms with Crippen molar-refractivity contribution in [3.63, 3.8) is 0 Å². The van der Waals surface area contributed by atoms with Crippen LogP contribution >= 0.6 is 11.6 Å². The molecule has 2 N–H and O–H groups in total. The monoisotopic (exact) mass is 379 g/mol. The molecule has 0 heterocycles. The Balaban J connectivity index is 2.07. The van der Waals surface area contributed by atoms with Gasteiger partial charge in [-0.25, -0.2) is 4.79 Å². The number of halogens is 1. The molecule has 7 nitrogen and oxygen atoms in total. The molecule has 26 heavy (non-hydrogen) atoms. The Morgan fingerprint density at radius 2 is 1.85 bits per heavy atom. The summed E-state index contributed by atoms with van der Waals surface area (Å²) in [5.41, 5.74) is 0.269. The van der Waals surface area contributed by atoms with Crippen LogP contribution in [-0.4, -0.2) is 37.3 Å². The minimum absolute atomic E-state index is 0.0780. The van der Waals surface area contributed by atoms with Crippen molar-refractivity contribution >= 4 is 29.2 Å². The molecule has 1 amide bonds. The minimum Gasteiger partial charge on any atom is -0.507 e. The summed E-state index contributed by atoms with van der Waals surface area (Å²) < 4.78 is 15.2. The fourth-order valence-corrected chi connectivity index (χ4v) is 2.27. The zero-order valence-electron chi connectivity index (χ0n) is 14.4. The van der Waals surface area contributed by atoms with Crippen molar-refractivity contribution in [3.8, 4) is 17.2 Å². The maximum atomic E-state index is 12.3. The van der Waals surface area contributed by atoms with Crippen LogP contribution in [0.2, 0.25) is 5.02 Å². The number of amides is 1. The molecule has 2 aromatic carbocycles. The molecule has 2 aromatic rings. The average Bonchev–Trinajstić information content (AvgIpc) is 2.61. The smallest absolute Gasteiger partial charge is 0.342 e. The lowest BCUT2D eigenvalue weighted by atomic mass is 10.2. The van der Waals surface area contributed by atoms with E-state index in [4.69, 9.17) is 25.8 Å². The van der Waals surface area contributed by atoms with E-state index < -0.39 is 18.0 Å². The van der Waals surface area contributed by atoms with Gasteiger partial charge in [0.25, 0.3) is 5.91 Å². The number of phenols is 1. The van der Waals surface area contributed by atoms with Gasteiger partial charge in [0.1, 0.15) is 22.8 Å². The highest BCUT2D eigenvalue weighted by atomic mass is 35.5. The Bertz CT molecular complexity index is 823. The number of ether oxygens (including phenoxy) is 3. The first-order valence-electron chi connectivity index (χ1n) is 7.58. The molecule has 0 fully saturated rings. The van der Waals surface area contributed by atoms with E-state index in [9.17, 15) is 14.7 Å². The lowest BCUT2D eigenvalue weighted by Crippen LogP contribution is -2.30. The summed E-state index contributed by atoms with van der Waals surface area (Å²) in [5, 5.41) is 12.9. The molecule has 0 aliphatic heterocycles. The number of hydrogen-bond donors (Lipinski definition) is 2. The van der Waals surface area contributed by atoms with E-state index >= 15 is 0 Å². The van der Waals surface area contributed by atoms with Crippen molar-refractivity contribution in [1.82, 2.24) is 0 Å². The number of anilines is 1. The number of aromatic hydroxyl groups is 1. The van der Waals surface area contributed by atoms with Crippen molar-refractivity contribution in [3.05, 3.63) is 47.0 Å². The standard InChI is InChI=1S/C18H18ClNO6/c1-10(17(22)20-14-8-11(19)4-7-16(14)25-3)26-18(23)13-6-5-12(24-2)9-15(13)21/h4-10,21H,1-3H3,(H,20,22). The summed E-state index contributed by atoms with van der Waals surface area (Å²) >= 11 is 5.91. The fraction of sp³-hybridized carbons (Fsp3) is 0.222.